The largest absolute Gasteiger partial charge is 0.481 e. The topological polar surface area (TPSA) is 121 Å². The first kappa shape index (κ1) is 26.1. The molecule has 1 aromatic heterocycles. The van der Waals surface area contributed by atoms with Crippen molar-refractivity contribution in [2.45, 2.75) is 32.0 Å². The molecule has 3 rings (SSSR count). The van der Waals surface area contributed by atoms with E-state index in [0.717, 1.165) is 28.4 Å². The number of hydrogen-bond donors (Lipinski definition) is 3. The number of amides is 3. The molecule has 3 N–H and O–H groups in total. The zero-order valence-electron chi connectivity index (χ0n) is 18.5. The zero-order chi connectivity index (χ0) is 25.7. The lowest BCUT2D eigenvalue weighted by atomic mass is 10.1. The third-order valence-corrected chi connectivity index (χ3v) is 6.37. The van der Waals surface area contributed by atoms with Crippen molar-refractivity contribution < 1.29 is 33.0 Å². The molecule has 0 aliphatic heterocycles. The summed E-state index contributed by atoms with van der Waals surface area (Å²) < 4.78 is 32.4. The number of hydrogen-bond acceptors (Lipinski definition) is 6. The summed E-state index contributed by atoms with van der Waals surface area (Å²) in [5, 5.41) is 14.8. The number of halogens is 3. The molecule has 9 nitrogen and oxygen atoms in total. The van der Waals surface area contributed by atoms with E-state index in [-0.39, 0.29) is 17.2 Å². The average molecular weight is 527 g/mol. The van der Waals surface area contributed by atoms with Crippen molar-refractivity contribution in [2.75, 3.05) is 12.4 Å². The number of ether oxygens (including phenoxy) is 1. The minimum Gasteiger partial charge on any atom is -0.481 e. The fourth-order valence-electron chi connectivity index (χ4n) is 3.23. The van der Waals surface area contributed by atoms with Gasteiger partial charge in [0.25, 0.3) is 0 Å². The zero-order valence-corrected chi connectivity index (χ0v) is 20.1. The molecule has 35 heavy (non-hydrogen) atoms. The smallest absolute Gasteiger partial charge is 0.413 e. The second-order valence-corrected chi connectivity index (χ2v) is 8.95. The molecule has 0 fully saturated rings. The van der Waals surface area contributed by atoms with Gasteiger partial charge in [-0.3, -0.25) is 10.1 Å². The van der Waals surface area contributed by atoms with Gasteiger partial charge in [0.15, 0.2) is 16.8 Å². The third kappa shape index (κ3) is 6.76. The van der Waals surface area contributed by atoms with Gasteiger partial charge in [0, 0.05) is 24.7 Å². The molecule has 1 unspecified atom stereocenters. The van der Waals surface area contributed by atoms with E-state index in [4.69, 9.17) is 16.3 Å². The normalized spacial score (nSPS) is 12.6. The number of likely N-dealkylation sites (N-methyl/N-ethyl adjacent to an activating group) is 1. The molecule has 1 heterocycles. The molecule has 0 saturated heterocycles. The number of carboxylic acid groups (broad SMARTS) is 1. The van der Waals surface area contributed by atoms with Gasteiger partial charge in [-0.25, -0.2) is 23.4 Å². The predicted octanol–water partition coefficient (Wildman–Crippen LogP) is 4.85. The van der Waals surface area contributed by atoms with Crippen LogP contribution < -0.4 is 10.6 Å². The summed E-state index contributed by atoms with van der Waals surface area (Å²) in [5.74, 6) is -3.32. The minimum absolute atomic E-state index is 0.0304. The van der Waals surface area contributed by atoms with E-state index in [1.165, 1.54) is 14.0 Å². The highest BCUT2D eigenvalue weighted by Gasteiger charge is 2.30. The number of urea groups is 1. The number of benzene rings is 2. The quantitative estimate of drug-likeness (QED) is 0.386. The number of anilines is 1. The maximum atomic E-state index is 13.4. The van der Waals surface area contributed by atoms with E-state index < -0.39 is 48.3 Å². The number of aliphatic carboxylic acids is 1. The van der Waals surface area contributed by atoms with Crippen LogP contribution in [0.15, 0.2) is 36.4 Å². The van der Waals surface area contributed by atoms with Gasteiger partial charge in [0.05, 0.1) is 22.7 Å². The monoisotopic (exact) mass is 526 g/mol. The van der Waals surface area contributed by atoms with Crippen LogP contribution in [0.2, 0.25) is 5.02 Å². The lowest BCUT2D eigenvalue weighted by Crippen LogP contribution is -2.50. The molecule has 0 bridgehead atoms. The Morgan fingerprint density at radius 2 is 1.91 bits per heavy atom. The maximum absolute atomic E-state index is 13.4. The number of fused-ring (bicyclic) bond motifs is 1. The Balaban J connectivity index is 1.64. The lowest BCUT2D eigenvalue weighted by molar-refractivity contribution is -0.139. The SMILES string of the molecule is CC(OC(=O)Nc1nc2cc(F)c(F)cc2s1)[C@H](CC(=O)O)N(C)C(=O)NCc1ccccc1Cl. The van der Waals surface area contributed by atoms with Gasteiger partial charge in [-0.2, -0.15) is 0 Å². The number of aromatic nitrogens is 1. The summed E-state index contributed by atoms with van der Waals surface area (Å²) in [5.41, 5.74) is 0.820. The Morgan fingerprint density at radius 1 is 1.23 bits per heavy atom. The van der Waals surface area contributed by atoms with E-state index in [1.807, 2.05) is 0 Å². The van der Waals surface area contributed by atoms with Crippen molar-refractivity contribution in [2.24, 2.45) is 0 Å². The van der Waals surface area contributed by atoms with Crippen molar-refractivity contribution >= 4 is 56.4 Å². The molecule has 0 saturated carbocycles. The van der Waals surface area contributed by atoms with Crippen molar-refractivity contribution in [1.29, 1.82) is 0 Å². The second kappa shape index (κ2) is 11.3. The van der Waals surface area contributed by atoms with Crippen LogP contribution in [0.4, 0.5) is 23.5 Å². The summed E-state index contributed by atoms with van der Waals surface area (Å²) in [6.45, 7) is 1.55. The van der Waals surface area contributed by atoms with E-state index in [1.54, 1.807) is 24.3 Å². The first-order valence-corrected chi connectivity index (χ1v) is 11.4. The molecule has 0 spiro atoms. The highest BCUT2D eigenvalue weighted by Crippen LogP contribution is 2.28. The van der Waals surface area contributed by atoms with Crippen LogP contribution in [0.5, 0.6) is 0 Å². The molecule has 186 valence electrons. The van der Waals surface area contributed by atoms with Gasteiger partial charge in [0.2, 0.25) is 0 Å². The van der Waals surface area contributed by atoms with Crippen molar-refractivity contribution in [3.63, 3.8) is 0 Å². The van der Waals surface area contributed by atoms with Crippen LogP contribution in [-0.4, -0.2) is 52.3 Å². The first-order valence-electron chi connectivity index (χ1n) is 10.2. The van der Waals surface area contributed by atoms with Gasteiger partial charge in [0.1, 0.15) is 6.10 Å². The molecule has 0 radical (unpaired) electrons. The van der Waals surface area contributed by atoms with Gasteiger partial charge >= 0.3 is 18.1 Å². The average Bonchev–Trinajstić information content (AvgIpc) is 3.16. The summed E-state index contributed by atoms with van der Waals surface area (Å²) in [7, 11) is 1.38. The molecule has 3 aromatic rings. The highest BCUT2D eigenvalue weighted by molar-refractivity contribution is 7.22. The van der Waals surface area contributed by atoms with E-state index in [9.17, 15) is 28.3 Å². The molecular weight excluding hydrogens is 506 g/mol. The van der Waals surface area contributed by atoms with Crippen LogP contribution in [0.1, 0.15) is 18.9 Å². The summed E-state index contributed by atoms with van der Waals surface area (Å²) in [6.07, 6.45) is -2.51. The van der Waals surface area contributed by atoms with Crippen LogP contribution in [0, 0.1) is 11.6 Å². The third-order valence-electron chi connectivity index (χ3n) is 5.06. The minimum atomic E-state index is -1.20. The Morgan fingerprint density at radius 3 is 2.60 bits per heavy atom. The Kier molecular flexibility index (Phi) is 8.41. The number of rotatable bonds is 8. The van der Waals surface area contributed by atoms with E-state index in [2.05, 4.69) is 15.6 Å². The number of nitrogens with zero attached hydrogens (tertiary/aromatic N) is 2. The first-order chi connectivity index (χ1) is 16.5. The van der Waals surface area contributed by atoms with Crippen molar-refractivity contribution in [3.8, 4) is 0 Å². The summed E-state index contributed by atoms with van der Waals surface area (Å²) >= 11 is 6.99. The van der Waals surface area contributed by atoms with E-state index >= 15 is 0 Å². The fraction of sp³-hybridized carbons (Fsp3) is 0.273. The number of carboxylic acids is 1. The number of carbonyl (C=O) groups is 3. The van der Waals surface area contributed by atoms with Crippen LogP contribution in [-0.2, 0) is 16.1 Å². The molecule has 0 aliphatic rings. The molecule has 13 heteroatoms. The fourth-order valence-corrected chi connectivity index (χ4v) is 4.29. The summed E-state index contributed by atoms with van der Waals surface area (Å²) in [4.78, 5) is 41.5. The number of thiazole rings is 1. The van der Waals surface area contributed by atoms with E-state index in [0.29, 0.717) is 15.3 Å². The molecule has 2 atom stereocenters. The highest BCUT2D eigenvalue weighted by atomic mass is 35.5. The maximum Gasteiger partial charge on any atom is 0.413 e. The standard InChI is InChI=1S/C22H21ClF2N4O5S/c1-11(34-22(33)28-20-27-16-7-14(24)15(25)8-18(16)35-20)17(9-19(30)31)29(2)21(32)26-10-12-5-3-4-6-13(12)23/h3-8,11,17H,9-10H2,1-2H3,(H,26,32)(H,30,31)(H,27,28,33)/t11?,17-/m0/s1. The number of nitrogens with one attached hydrogen (secondary N) is 2. The second-order valence-electron chi connectivity index (χ2n) is 7.51. The van der Waals surface area contributed by atoms with Crippen molar-refractivity contribution in [3.05, 3.63) is 58.6 Å². The molecule has 0 aliphatic carbocycles. The van der Waals surface area contributed by atoms with Crippen LogP contribution in [0.25, 0.3) is 10.2 Å². The van der Waals surface area contributed by atoms with Gasteiger partial charge in [-0.05, 0) is 24.6 Å². The molecule has 2 aromatic carbocycles. The summed E-state index contributed by atoms with van der Waals surface area (Å²) in [6, 6.07) is 7.17. The van der Waals surface area contributed by atoms with Crippen LogP contribution in [0.3, 0.4) is 0 Å². The number of carbonyl (C=O) groups excluding carboxylic acids is 2. The molecule has 3 amide bonds. The van der Waals surface area contributed by atoms with Crippen molar-refractivity contribution in [1.82, 2.24) is 15.2 Å². The lowest BCUT2D eigenvalue weighted by Gasteiger charge is -2.31. The van der Waals surface area contributed by atoms with Gasteiger partial charge in [-0.1, -0.05) is 41.1 Å². The predicted molar refractivity (Wildman–Crippen MR) is 127 cm³/mol. The van der Waals surface area contributed by atoms with Gasteiger partial charge in [-0.15, -0.1) is 0 Å². The molecular formula is C22H21ClF2N4O5S. The Labute approximate surface area is 207 Å². The Hall–Kier alpha value is -3.51. The van der Waals surface area contributed by atoms with Crippen LogP contribution >= 0.6 is 22.9 Å². The Bertz CT molecular complexity index is 1220. The van der Waals surface area contributed by atoms with Gasteiger partial charge < -0.3 is 20.1 Å².